The maximum Gasteiger partial charge on any atom is 0.271 e. The van der Waals surface area contributed by atoms with Crippen molar-refractivity contribution in [3.05, 3.63) is 58.9 Å². The molecule has 0 bridgehead atoms. The van der Waals surface area contributed by atoms with Crippen LogP contribution in [0.3, 0.4) is 0 Å². The molecule has 1 N–H and O–H groups in total. The van der Waals surface area contributed by atoms with Crippen LogP contribution >= 0.6 is 11.3 Å². The summed E-state index contributed by atoms with van der Waals surface area (Å²) in [7, 11) is 1.86. The standard InChI is InChI=1S/C17H18N4OS/c1-11-6-4-5-7-14(11)12(2)19-16(22)15-10-23-17(20-15)13-8-18-21(3)9-13/h4-10,12H,1-3H3,(H,19,22)/t12-/m1/s1. The molecule has 0 saturated carbocycles. The third-order valence-electron chi connectivity index (χ3n) is 3.69. The van der Waals surface area contributed by atoms with Gasteiger partial charge in [-0.1, -0.05) is 24.3 Å². The zero-order chi connectivity index (χ0) is 16.4. The average Bonchev–Trinajstić information content (AvgIpc) is 3.16. The fourth-order valence-electron chi connectivity index (χ4n) is 2.46. The Hall–Kier alpha value is -2.47. The van der Waals surface area contributed by atoms with Gasteiger partial charge in [-0.15, -0.1) is 11.3 Å². The van der Waals surface area contributed by atoms with E-state index in [0.29, 0.717) is 5.69 Å². The highest BCUT2D eigenvalue weighted by Crippen LogP contribution is 2.23. The van der Waals surface area contributed by atoms with Crippen molar-refractivity contribution in [3.8, 4) is 10.6 Å². The molecule has 0 aliphatic heterocycles. The van der Waals surface area contributed by atoms with Gasteiger partial charge in [-0.2, -0.15) is 5.10 Å². The van der Waals surface area contributed by atoms with E-state index >= 15 is 0 Å². The highest BCUT2D eigenvalue weighted by molar-refractivity contribution is 7.13. The van der Waals surface area contributed by atoms with Crippen molar-refractivity contribution in [1.82, 2.24) is 20.1 Å². The lowest BCUT2D eigenvalue weighted by atomic mass is 10.0. The number of hydrogen-bond donors (Lipinski definition) is 1. The molecule has 2 heterocycles. The zero-order valence-electron chi connectivity index (χ0n) is 13.3. The van der Waals surface area contributed by atoms with Crippen molar-refractivity contribution in [1.29, 1.82) is 0 Å². The summed E-state index contributed by atoms with van der Waals surface area (Å²) in [6.07, 6.45) is 3.63. The summed E-state index contributed by atoms with van der Waals surface area (Å²) < 4.78 is 1.72. The summed E-state index contributed by atoms with van der Waals surface area (Å²) in [5.41, 5.74) is 3.64. The number of thiazole rings is 1. The van der Waals surface area contributed by atoms with Crippen LogP contribution in [0.5, 0.6) is 0 Å². The smallest absolute Gasteiger partial charge is 0.271 e. The molecule has 118 valence electrons. The Bertz CT molecular complexity index is 836. The maximum absolute atomic E-state index is 12.4. The molecule has 0 spiro atoms. The fourth-order valence-corrected chi connectivity index (χ4v) is 3.24. The minimum Gasteiger partial charge on any atom is -0.344 e. The van der Waals surface area contributed by atoms with Gasteiger partial charge < -0.3 is 5.32 Å². The molecule has 5 nitrogen and oxygen atoms in total. The van der Waals surface area contributed by atoms with E-state index in [9.17, 15) is 4.79 Å². The topological polar surface area (TPSA) is 59.8 Å². The molecule has 6 heteroatoms. The summed E-state index contributed by atoms with van der Waals surface area (Å²) in [6.45, 7) is 4.02. The normalized spacial score (nSPS) is 12.1. The third kappa shape index (κ3) is 3.32. The lowest BCUT2D eigenvalue weighted by Crippen LogP contribution is -2.27. The van der Waals surface area contributed by atoms with Crippen molar-refractivity contribution < 1.29 is 4.79 Å². The number of hydrogen-bond acceptors (Lipinski definition) is 4. The monoisotopic (exact) mass is 326 g/mol. The number of amides is 1. The van der Waals surface area contributed by atoms with E-state index in [0.717, 1.165) is 21.7 Å². The molecular formula is C17H18N4OS. The lowest BCUT2D eigenvalue weighted by molar-refractivity contribution is 0.0935. The predicted octanol–water partition coefficient (Wildman–Crippen LogP) is 3.34. The van der Waals surface area contributed by atoms with Gasteiger partial charge in [0.15, 0.2) is 0 Å². The van der Waals surface area contributed by atoms with Crippen LogP contribution in [0.25, 0.3) is 10.6 Å². The van der Waals surface area contributed by atoms with Crippen molar-refractivity contribution in [2.75, 3.05) is 0 Å². The molecule has 0 aliphatic rings. The summed E-state index contributed by atoms with van der Waals surface area (Å²) in [5, 5.41) is 9.71. The van der Waals surface area contributed by atoms with E-state index in [2.05, 4.69) is 15.4 Å². The van der Waals surface area contributed by atoms with Crippen molar-refractivity contribution in [2.24, 2.45) is 7.05 Å². The SMILES string of the molecule is Cc1ccccc1[C@@H](C)NC(=O)c1csc(-c2cnn(C)c2)n1. The average molecular weight is 326 g/mol. The van der Waals surface area contributed by atoms with E-state index in [1.807, 2.05) is 51.4 Å². The van der Waals surface area contributed by atoms with Gasteiger partial charge in [0.25, 0.3) is 5.91 Å². The first kappa shape index (κ1) is 15.4. The molecule has 0 saturated heterocycles. The zero-order valence-corrected chi connectivity index (χ0v) is 14.1. The Kier molecular flexibility index (Phi) is 4.25. The summed E-state index contributed by atoms with van der Waals surface area (Å²) in [6, 6.07) is 7.98. The molecule has 3 aromatic rings. The molecule has 2 aromatic heterocycles. The number of carbonyl (C=O) groups is 1. The molecule has 3 rings (SSSR count). The lowest BCUT2D eigenvalue weighted by Gasteiger charge is -2.15. The Morgan fingerprint density at radius 1 is 1.35 bits per heavy atom. The Labute approximate surface area is 139 Å². The molecule has 0 radical (unpaired) electrons. The van der Waals surface area contributed by atoms with Gasteiger partial charge in [0, 0.05) is 24.2 Å². The number of aryl methyl sites for hydroxylation is 2. The van der Waals surface area contributed by atoms with Crippen LogP contribution in [0.1, 0.15) is 34.6 Å². The van der Waals surface area contributed by atoms with Crippen LogP contribution in [0, 0.1) is 6.92 Å². The van der Waals surface area contributed by atoms with Gasteiger partial charge in [-0.25, -0.2) is 4.98 Å². The molecule has 1 aromatic carbocycles. The predicted molar refractivity (Wildman–Crippen MR) is 91.4 cm³/mol. The largest absolute Gasteiger partial charge is 0.344 e. The Balaban J connectivity index is 1.74. The van der Waals surface area contributed by atoms with Crippen molar-refractivity contribution >= 4 is 17.2 Å². The van der Waals surface area contributed by atoms with E-state index < -0.39 is 0 Å². The maximum atomic E-state index is 12.4. The molecule has 1 amide bonds. The number of carbonyl (C=O) groups excluding carboxylic acids is 1. The van der Waals surface area contributed by atoms with E-state index in [1.165, 1.54) is 11.3 Å². The van der Waals surface area contributed by atoms with Crippen molar-refractivity contribution in [3.63, 3.8) is 0 Å². The van der Waals surface area contributed by atoms with Crippen LogP contribution in [-0.2, 0) is 7.05 Å². The summed E-state index contributed by atoms with van der Waals surface area (Å²) in [5.74, 6) is -0.160. The first-order valence-corrected chi connectivity index (χ1v) is 8.23. The minimum absolute atomic E-state index is 0.0627. The van der Waals surface area contributed by atoms with E-state index in [1.54, 1.807) is 16.3 Å². The van der Waals surface area contributed by atoms with Crippen LogP contribution in [-0.4, -0.2) is 20.7 Å². The number of nitrogens with one attached hydrogen (secondary N) is 1. The molecule has 0 unspecified atom stereocenters. The third-order valence-corrected chi connectivity index (χ3v) is 4.58. The Morgan fingerprint density at radius 2 is 2.13 bits per heavy atom. The van der Waals surface area contributed by atoms with E-state index in [4.69, 9.17) is 0 Å². The first-order valence-electron chi connectivity index (χ1n) is 7.35. The van der Waals surface area contributed by atoms with Crippen LogP contribution in [0.15, 0.2) is 42.0 Å². The highest BCUT2D eigenvalue weighted by Gasteiger charge is 2.16. The number of benzene rings is 1. The molecule has 23 heavy (non-hydrogen) atoms. The summed E-state index contributed by atoms with van der Waals surface area (Å²) in [4.78, 5) is 16.8. The number of rotatable bonds is 4. The van der Waals surface area contributed by atoms with Crippen LogP contribution in [0.4, 0.5) is 0 Å². The molecular weight excluding hydrogens is 308 g/mol. The van der Waals surface area contributed by atoms with Crippen LogP contribution < -0.4 is 5.32 Å². The van der Waals surface area contributed by atoms with Gasteiger partial charge in [-0.05, 0) is 25.0 Å². The van der Waals surface area contributed by atoms with E-state index in [-0.39, 0.29) is 11.9 Å². The molecule has 0 aliphatic carbocycles. The number of aromatic nitrogens is 3. The summed E-state index contributed by atoms with van der Waals surface area (Å²) >= 11 is 1.45. The molecule has 0 fully saturated rings. The quantitative estimate of drug-likeness (QED) is 0.800. The van der Waals surface area contributed by atoms with Gasteiger partial charge in [0.05, 0.1) is 12.2 Å². The second-order valence-electron chi connectivity index (χ2n) is 5.49. The first-order chi connectivity index (χ1) is 11.0. The molecule has 1 atom stereocenters. The van der Waals surface area contributed by atoms with Gasteiger partial charge in [0.2, 0.25) is 0 Å². The number of nitrogens with zero attached hydrogens (tertiary/aromatic N) is 3. The highest BCUT2D eigenvalue weighted by atomic mass is 32.1. The van der Waals surface area contributed by atoms with Crippen LogP contribution in [0.2, 0.25) is 0 Å². The van der Waals surface area contributed by atoms with Gasteiger partial charge >= 0.3 is 0 Å². The second kappa shape index (κ2) is 6.34. The van der Waals surface area contributed by atoms with Gasteiger partial charge in [0.1, 0.15) is 10.7 Å². The Morgan fingerprint density at radius 3 is 2.83 bits per heavy atom. The second-order valence-corrected chi connectivity index (χ2v) is 6.35. The van der Waals surface area contributed by atoms with Gasteiger partial charge in [-0.3, -0.25) is 9.48 Å². The minimum atomic E-state index is -0.160. The fraction of sp³-hybridized carbons (Fsp3) is 0.235. The van der Waals surface area contributed by atoms with Crippen molar-refractivity contribution in [2.45, 2.75) is 19.9 Å².